The molecule has 4 rings (SSSR count). The number of urea groups is 1. The Morgan fingerprint density at radius 1 is 1.30 bits per heavy atom. The monoisotopic (exact) mass is 415 g/mol. The lowest BCUT2D eigenvalue weighted by molar-refractivity contribution is 0.0760. The number of β-amino-alcohol motifs (C(OH)–C–C–N with tert-alkyl or cyclic N) is 1. The van der Waals surface area contributed by atoms with E-state index in [1.807, 2.05) is 23.6 Å². The van der Waals surface area contributed by atoms with Crippen molar-refractivity contribution in [2.45, 2.75) is 77.1 Å². The first-order valence-electron chi connectivity index (χ1n) is 11.3. The number of carbonyl (C=O) groups excluding carboxylic acids is 1. The number of amides is 2. The molecule has 3 aliphatic heterocycles. The number of rotatable bonds is 1. The molecular formula is C24H37N3O3. The maximum Gasteiger partial charge on any atom is 0.320 e. The van der Waals surface area contributed by atoms with Gasteiger partial charge in [0, 0.05) is 31.7 Å². The number of benzene rings is 1. The number of hydrogen-bond donors (Lipinski definition) is 2. The number of carbonyl (C=O) groups is 1. The van der Waals surface area contributed by atoms with Crippen molar-refractivity contribution in [1.82, 2.24) is 15.1 Å². The molecule has 2 atom stereocenters. The van der Waals surface area contributed by atoms with Crippen molar-refractivity contribution in [1.29, 1.82) is 0 Å². The SMILES string of the molecule is CC(C)(C)c1cc2c(c([C@@H]3COCCN3)c1)CN(C(=O)N1CC(O)CC1(C)C)CC2. The molecule has 2 amide bonds. The second-order valence-corrected chi connectivity index (χ2v) is 10.8. The molecule has 6 nitrogen and oxygen atoms in total. The zero-order valence-electron chi connectivity index (χ0n) is 19.1. The van der Waals surface area contributed by atoms with E-state index in [-0.39, 0.29) is 23.0 Å². The molecule has 2 fully saturated rings. The van der Waals surface area contributed by atoms with Crippen molar-refractivity contribution in [3.63, 3.8) is 0 Å². The van der Waals surface area contributed by atoms with Crippen LogP contribution in [0.25, 0.3) is 0 Å². The summed E-state index contributed by atoms with van der Waals surface area (Å²) in [7, 11) is 0. The molecule has 2 saturated heterocycles. The minimum absolute atomic E-state index is 0.0425. The van der Waals surface area contributed by atoms with Crippen molar-refractivity contribution >= 4 is 6.03 Å². The van der Waals surface area contributed by atoms with E-state index in [0.717, 1.165) is 26.1 Å². The second-order valence-electron chi connectivity index (χ2n) is 10.8. The van der Waals surface area contributed by atoms with E-state index in [1.165, 1.54) is 22.3 Å². The Hall–Kier alpha value is -1.63. The molecule has 1 aromatic rings. The quantitative estimate of drug-likeness (QED) is 0.740. The number of ether oxygens (including phenoxy) is 1. The van der Waals surface area contributed by atoms with Crippen LogP contribution < -0.4 is 5.32 Å². The molecule has 0 spiro atoms. The minimum Gasteiger partial charge on any atom is -0.391 e. The van der Waals surface area contributed by atoms with Gasteiger partial charge in [0.25, 0.3) is 0 Å². The molecule has 1 aromatic carbocycles. The van der Waals surface area contributed by atoms with E-state index in [2.05, 4.69) is 38.2 Å². The van der Waals surface area contributed by atoms with Gasteiger partial charge < -0.3 is 25.0 Å². The van der Waals surface area contributed by atoms with Crippen LogP contribution >= 0.6 is 0 Å². The Morgan fingerprint density at radius 2 is 2.07 bits per heavy atom. The van der Waals surface area contributed by atoms with Gasteiger partial charge >= 0.3 is 6.03 Å². The predicted molar refractivity (Wildman–Crippen MR) is 118 cm³/mol. The summed E-state index contributed by atoms with van der Waals surface area (Å²) in [4.78, 5) is 17.2. The number of likely N-dealkylation sites (tertiary alicyclic amines) is 1. The summed E-state index contributed by atoms with van der Waals surface area (Å²) in [6, 6.07) is 4.87. The second kappa shape index (κ2) is 7.81. The standard InChI is InChI=1S/C24H37N3O3/c1-23(2,3)17-10-16-6-8-26(22(29)27-13-18(28)12-24(27,4)5)14-20(16)19(11-17)21-15-30-9-7-25-21/h10-11,18,21,25,28H,6-9,12-15H2,1-5H3/t18?,21-/m0/s1. The average Bonchev–Trinajstić information content (AvgIpc) is 2.98. The summed E-state index contributed by atoms with van der Waals surface area (Å²) < 4.78 is 5.77. The highest BCUT2D eigenvalue weighted by atomic mass is 16.5. The van der Waals surface area contributed by atoms with E-state index >= 15 is 0 Å². The van der Waals surface area contributed by atoms with Crippen LogP contribution in [-0.2, 0) is 23.1 Å². The van der Waals surface area contributed by atoms with Crippen LogP contribution in [0, 0.1) is 0 Å². The smallest absolute Gasteiger partial charge is 0.320 e. The number of aliphatic hydroxyl groups excluding tert-OH is 1. The molecule has 3 heterocycles. The summed E-state index contributed by atoms with van der Waals surface area (Å²) in [6.45, 7) is 14.9. The molecule has 1 unspecified atom stereocenters. The third-order valence-electron chi connectivity index (χ3n) is 6.90. The molecule has 3 aliphatic rings. The topological polar surface area (TPSA) is 65.0 Å². The van der Waals surface area contributed by atoms with Crippen molar-refractivity contribution in [3.8, 4) is 0 Å². The first-order valence-corrected chi connectivity index (χ1v) is 11.3. The number of morpholine rings is 1. The van der Waals surface area contributed by atoms with Crippen LogP contribution in [0.3, 0.4) is 0 Å². The van der Waals surface area contributed by atoms with Gasteiger partial charge in [-0.05, 0) is 54.4 Å². The minimum atomic E-state index is -0.436. The largest absolute Gasteiger partial charge is 0.391 e. The van der Waals surface area contributed by atoms with Gasteiger partial charge in [0.15, 0.2) is 0 Å². The summed E-state index contributed by atoms with van der Waals surface area (Å²) in [6.07, 6.45) is 1.06. The highest BCUT2D eigenvalue weighted by Gasteiger charge is 2.42. The van der Waals surface area contributed by atoms with E-state index in [9.17, 15) is 9.90 Å². The number of aliphatic hydroxyl groups is 1. The van der Waals surface area contributed by atoms with Crippen molar-refractivity contribution in [3.05, 3.63) is 34.4 Å². The lowest BCUT2D eigenvalue weighted by Crippen LogP contribution is -2.51. The molecular weight excluding hydrogens is 378 g/mol. The average molecular weight is 416 g/mol. The number of fused-ring (bicyclic) bond motifs is 1. The number of hydrogen-bond acceptors (Lipinski definition) is 4. The van der Waals surface area contributed by atoms with Crippen LogP contribution in [0.4, 0.5) is 4.79 Å². The van der Waals surface area contributed by atoms with Gasteiger partial charge in [-0.3, -0.25) is 0 Å². The fourth-order valence-corrected chi connectivity index (χ4v) is 5.09. The summed E-state index contributed by atoms with van der Waals surface area (Å²) >= 11 is 0. The molecule has 2 N–H and O–H groups in total. The lowest BCUT2D eigenvalue weighted by Gasteiger charge is -2.39. The zero-order valence-corrected chi connectivity index (χ0v) is 19.1. The maximum atomic E-state index is 13.4. The van der Waals surface area contributed by atoms with Crippen molar-refractivity contribution in [2.75, 3.05) is 32.8 Å². The van der Waals surface area contributed by atoms with Crippen LogP contribution in [0.15, 0.2) is 12.1 Å². The molecule has 0 aliphatic carbocycles. The lowest BCUT2D eigenvalue weighted by atomic mass is 9.80. The van der Waals surface area contributed by atoms with E-state index < -0.39 is 6.10 Å². The van der Waals surface area contributed by atoms with Gasteiger partial charge in [-0.2, -0.15) is 0 Å². The van der Waals surface area contributed by atoms with Crippen LogP contribution in [0.5, 0.6) is 0 Å². The summed E-state index contributed by atoms with van der Waals surface area (Å²) in [5.41, 5.74) is 5.00. The zero-order chi connectivity index (χ0) is 21.7. The summed E-state index contributed by atoms with van der Waals surface area (Å²) in [5.74, 6) is 0. The fourth-order valence-electron chi connectivity index (χ4n) is 5.09. The number of nitrogens with zero attached hydrogens (tertiary/aromatic N) is 2. The Labute approximate surface area is 180 Å². The van der Waals surface area contributed by atoms with Gasteiger partial charge in [-0.25, -0.2) is 4.79 Å². The van der Waals surface area contributed by atoms with Gasteiger partial charge in [0.1, 0.15) is 0 Å². The molecule has 6 heteroatoms. The van der Waals surface area contributed by atoms with Crippen molar-refractivity contribution in [2.24, 2.45) is 0 Å². The van der Waals surface area contributed by atoms with Gasteiger partial charge in [-0.1, -0.05) is 32.9 Å². The maximum absolute atomic E-state index is 13.4. The highest BCUT2D eigenvalue weighted by molar-refractivity contribution is 5.76. The van der Waals surface area contributed by atoms with Gasteiger partial charge in [0.2, 0.25) is 0 Å². The third-order valence-corrected chi connectivity index (χ3v) is 6.90. The van der Waals surface area contributed by atoms with Crippen molar-refractivity contribution < 1.29 is 14.6 Å². The Balaban J connectivity index is 1.65. The van der Waals surface area contributed by atoms with Gasteiger partial charge in [0.05, 0.1) is 25.4 Å². The van der Waals surface area contributed by atoms with Gasteiger partial charge in [-0.15, -0.1) is 0 Å². The first-order chi connectivity index (χ1) is 14.1. The molecule has 0 saturated carbocycles. The molecule has 166 valence electrons. The fraction of sp³-hybridized carbons (Fsp3) is 0.708. The Morgan fingerprint density at radius 3 is 2.67 bits per heavy atom. The Kier molecular flexibility index (Phi) is 5.62. The molecule has 0 bridgehead atoms. The van der Waals surface area contributed by atoms with E-state index in [1.54, 1.807) is 0 Å². The van der Waals surface area contributed by atoms with E-state index in [4.69, 9.17) is 4.74 Å². The van der Waals surface area contributed by atoms with Crippen LogP contribution in [0.1, 0.15) is 69.3 Å². The molecule has 30 heavy (non-hydrogen) atoms. The normalized spacial score (nSPS) is 26.6. The van der Waals surface area contributed by atoms with Crippen LogP contribution in [0.2, 0.25) is 0 Å². The predicted octanol–water partition coefficient (Wildman–Crippen LogP) is 2.97. The van der Waals surface area contributed by atoms with Crippen LogP contribution in [-0.4, -0.2) is 65.4 Å². The Bertz CT molecular complexity index is 809. The highest BCUT2D eigenvalue weighted by Crippen LogP contribution is 2.36. The first kappa shape index (κ1) is 21.6. The molecule has 0 radical (unpaired) electrons. The third kappa shape index (κ3) is 4.10. The molecule has 0 aromatic heterocycles. The van der Waals surface area contributed by atoms with E-state index in [0.29, 0.717) is 26.1 Å². The summed E-state index contributed by atoms with van der Waals surface area (Å²) in [5, 5.41) is 13.7. The number of nitrogens with one attached hydrogen (secondary N) is 1.